The van der Waals surface area contributed by atoms with E-state index < -0.39 is 11.7 Å². The summed E-state index contributed by atoms with van der Waals surface area (Å²) in [6, 6.07) is 22.7. The Labute approximate surface area is 179 Å². The van der Waals surface area contributed by atoms with Crippen LogP contribution in [0.5, 0.6) is 0 Å². The normalized spacial score (nSPS) is 11.1. The van der Waals surface area contributed by atoms with E-state index in [0.717, 1.165) is 20.8 Å². The van der Waals surface area contributed by atoms with Crippen molar-refractivity contribution < 1.29 is 13.6 Å². The third-order valence-electron chi connectivity index (χ3n) is 4.83. The lowest BCUT2D eigenvalue weighted by Crippen LogP contribution is -2.11. The molecule has 1 N–H and O–H groups in total. The first kappa shape index (κ1) is 18.5. The quantitative estimate of drug-likeness (QED) is 0.322. The van der Waals surface area contributed by atoms with Gasteiger partial charge in [-0.05, 0) is 59.3 Å². The maximum absolute atomic E-state index is 13.4. The van der Waals surface area contributed by atoms with Gasteiger partial charge >= 0.3 is 0 Å². The second-order valence-electron chi connectivity index (χ2n) is 6.81. The average molecular weight is 461 g/mol. The van der Waals surface area contributed by atoms with E-state index in [2.05, 4.69) is 26.2 Å². The summed E-state index contributed by atoms with van der Waals surface area (Å²) in [5, 5.41) is 4.87. The van der Waals surface area contributed by atoms with E-state index in [1.807, 2.05) is 36.4 Å². The molecule has 6 heteroatoms. The number of carbonyl (C=O) groups excluding carboxylic acids is 1. The molecule has 0 saturated carbocycles. The molecule has 0 aliphatic heterocycles. The minimum atomic E-state index is -0.457. The predicted octanol–water partition coefficient (Wildman–Crippen LogP) is 6.80. The maximum Gasteiger partial charge on any atom is 0.255 e. The summed E-state index contributed by atoms with van der Waals surface area (Å²) in [5.41, 5.74) is 2.92. The van der Waals surface area contributed by atoms with Gasteiger partial charge < -0.3 is 9.73 Å². The van der Waals surface area contributed by atoms with Gasteiger partial charge in [0.2, 0.25) is 5.89 Å². The summed E-state index contributed by atoms with van der Waals surface area (Å²) < 4.78 is 20.3. The summed E-state index contributed by atoms with van der Waals surface area (Å²) in [6.45, 7) is 0. The van der Waals surface area contributed by atoms with Crippen molar-refractivity contribution in [1.29, 1.82) is 0 Å². The molecule has 0 saturated heterocycles. The molecule has 1 amide bonds. The lowest BCUT2D eigenvalue weighted by Gasteiger charge is -2.04. The third-order valence-corrected chi connectivity index (χ3v) is 5.52. The molecular formula is C24H14BrFN2O2. The van der Waals surface area contributed by atoms with Gasteiger partial charge in [0.1, 0.15) is 11.3 Å². The molecule has 0 bridgehead atoms. The maximum atomic E-state index is 13.4. The van der Waals surface area contributed by atoms with Crippen LogP contribution in [0.4, 0.5) is 10.1 Å². The third kappa shape index (κ3) is 3.35. The Kier molecular flexibility index (Phi) is 4.56. The molecule has 146 valence electrons. The molecule has 0 fully saturated rings. The minimum absolute atomic E-state index is 0.247. The highest BCUT2D eigenvalue weighted by atomic mass is 79.9. The zero-order chi connectivity index (χ0) is 20.7. The highest BCUT2D eigenvalue weighted by Gasteiger charge is 2.14. The van der Waals surface area contributed by atoms with Crippen molar-refractivity contribution in [3.8, 4) is 11.5 Å². The number of oxazole rings is 1. The number of nitrogens with zero attached hydrogens (tertiary/aromatic N) is 1. The molecule has 0 atom stereocenters. The molecule has 0 unspecified atom stereocenters. The van der Waals surface area contributed by atoms with Crippen molar-refractivity contribution in [2.24, 2.45) is 0 Å². The molecule has 5 aromatic rings. The van der Waals surface area contributed by atoms with E-state index in [1.165, 1.54) is 18.2 Å². The van der Waals surface area contributed by atoms with Crippen molar-refractivity contribution >= 4 is 49.4 Å². The first-order chi connectivity index (χ1) is 14.6. The average Bonchev–Trinajstić information content (AvgIpc) is 3.17. The number of halogens is 2. The zero-order valence-corrected chi connectivity index (χ0v) is 17.1. The second-order valence-corrected chi connectivity index (χ2v) is 7.66. The van der Waals surface area contributed by atoms with Crippen molar-refractivity contribution in [1.82, 2.24) is 4.98 Å². The number of anilines is 1. The Hall–Kier alpha value is -3.51. The Bertz CT molecular complexity index is 1430. The molecule has 1 heterocycles. The van der Waals surface area contributed by atoms with Crippen LogP contribution >= 0.6 is 15.9 Å². The Morgan fingerprint density at radius 2 is 1.73 bits per heavy atom. The minimum Gasteiger partial charge on any atom is -0.436 e. The molecule has 0 aliphatic rings. The Morgan fingerprint density at radius 1 is 0.933 bits per heavy atom. The van der Waals surface area contributed by atoms with Crippen molar-refractivity contribution in [2.45, 2.75) is 0 Å². The van der Waals surface area contributed by atoms with Gasteiger partial charge in [0, 0.05) is 21.3 Å². The van der Waals surface area contributed by atoms with E-state index in [9.17, 15) is 9.18 Å². The molecule has 0 spiro atoms. The summed E-state index contributed by atoms with van der Waals surface area (Å²) in [5.74, 6) is -0.347. The molecule has 0 aliphatic carbocycles. The van der Waals surface area contributed by atoms with E-state index >= 15 is 0 Å². The van der Waals surface area contributed by atoms with Gasteiger partial charge in [-0.15, -0.1) is 0 Å². The highest BCUT2D eigenvalue weighted by Crippen LogP contribution is 2.34. The molecule has 4 nitrogen and oxygen atoms in total. The number of fused-ring (bicyclic) bond motifs is 2. The highest BCUT2D eigenvalue weighted by molar-refractivity contribution is 9.10. The first-order valence-corrected chi connectivity index (χ1v) is 10.0. The van der Waals surface area contributed by atoms with Gasteiger partial charge in [-0.1, -0.05) is 46.3 Å². The number of hydrogen-bond donors (Lipinski definition) is 1. The van der Waals surface area contributed by atoms with Crippen LogP contribution in [-0.2, 0) is 0 Å². The summed E-state index contributed by atoms with van der Waals surface area (Å²) in [7, 11) is 0. The fourth-order valence-electron chi connectivity index (χ4n) is 3.41. The SMILES string of the molecule is O=C(Nc1ccc2oc(-c3cccc4c(Br)cccc34)nc2c1)c1cccc(F)c1. The van der Waals surface area contributed by atoms with Gasteiger partial charge in [-0.25, -0.2) is 9.37 Å². The number of rotatable bonds is 3. The second kappa shape index (κ2) is 7.39. The molecule has 30 heavy (non-hydrogen) atoms. The van der Waals surface area contributed by atoms with Gasteiger partial charge in [0.05, 0.1) is 0 Å². The van der Waals surface area contributed by atoms with Crippen LogP contribution in [0.1, 0.15) is 10.4 Å². The number of benzene rings is 4. The lowest BCUT2D eigenvalue weighted by molar-refractivity contribution is 0.102. The van der Waals surface area contributed by atoms with Gasteiger partial charge in [-0.2, -0.15) is 0 Å². The molecule has 0 radical (unpaired) electrons. The molecular weight excluding hydrogens is 447 g/mol. The van der Waals surface area contributed by atoms with Gasteiger partial charge in [0.15, 0.2) is 5.58 Å². The fraction of sp³-hybridized carbons (Fsp3) is 0. The van der Waals surface area contributed by atoms with E-state index in [4.69, 9.17) is 4.42 Å². The smallest absolute Gasteiger partial charge is 0.255 e. The summed E-state index contributed by atoms with van der Waals surface area (Å²) in [6.07, 6.45) is 0. The number of aromatic nitrogens is 1. The molecule has 4 aromatic carbocycles. The largest absolute Gasteiger partial charge is 0.436 e. The number of hydrogen-bond acceptors (Lipinski definition) is 3. The number of carbonyl (C=O) groups is 1. The van der Waals surface area contributed by atoms with Gasteiger partial charge in [-0.3, -0.25) is 4.79 Å². The van der Waals surface area contributed by atoms with Crippen LogP contribution in [0.2, 0.25) is 0 Å². The van der Waals surface area contributed by atoms with E-state index in [1.54, 1.807) is 24.3 Å². The van der Waals surface area contributed by atoms with Crippen LogP contribution in [0, 0.1) is 5.82 Å². The predicted molar refractivity (Wildman–Crippen MR) is 119 cm³/mol. The molecule has 5 rings (SSSR count). The van der Waals surface area contributed by atoms with Crippen LogP contribution < -0.4 is 5.32 Å². The number of nitrogens with one attached hydrogen (secondary N) is 1. The molecule has 1 aromatic heterocycles. The van der Waals surface area contributed by atoms with Crippen molar-refractivity contribution in [3.05, 3.63) is 94.7 Å². The van der Waals surface area contributed by atoms with Crippen LogP contribution in [0.3, 0.4) is 0 Å². The summed E-state index contributed by atoms with van der Waals surface area (Å²) >= 11 is 3.58. The monoisotopic (exact) mass is 460 g/mol. The van der Waals surface area contributed by atoms with Crippen LogP contribution in [0.25, 0.3) is 33.3 Å². The van der Waals surface area contributed by atoms with Crippen molar-refractivity contribution in [2.75, 3.05) is 5.32 Å². The zero-order valence-electron chi connectivity index (χ0n) is 15.5. The van der Waals surface area contributed by atoms with Crippen molar-refractivity contribution in [3.63, 3.8) is 0 Å². The Balaban J connectivity index is 1.51. The topological polar surface area (TPSA) is 55.1 Å². The van der Waals surface area contributed by atoms with E-state index in [-0.39, 0.29) is 5.56 Å². The fourth-order valence-corrected chi connectivity index (χ4v) is 3.91. The van der Waals surface area contributed by atoms with Crippen LogP contribution in [-0.4, -0.2) is 10.9 Å². The first-order valence-electron chi connectivity index (χ1n) is 9.23. The van der Waals surface area contributed by atoms with Gasteiger partial charge in [0.25, 0.3) is 5.91 Å². The standard InChI is InChI=1S/C24H14BrFN2O2/c25-20-9-3-6-17-18(20)7-2-8-19(17)24-28-21-13-16(10-11-22(21)30-24)27-23(29)14-4-1-5-15(26)12-14/h1-13H,(H,27,29). The van der Waals surface area contributed by atoms with Crippen LogP contribution in [0.15, 0.2) is 87.8 Å². The summed E-state index contributed by atoms with van der Waals surface area (Å²) in [4.78, 5) is 17.0. The Morgan fingerprint density at radius 3 is 2.60 bits per heavy atom. The lowest BCUT2D eigenvalue weighted by atomic mass is 10.0. The van der Waals surface area contributed by atoms with E-state index in [0.29, 0.717) is 22.7 Å². The number of amides is 1.